The van der Waals surface area contributed by atoms with Crippen molar-refractivity contribution < 1.29 is 0 Å². The zero-order valence-electron chi connectivity index (χ0n) is 25.8. The van der Waals surface area contributed by atoms with Gasteiger partial charge in [-0.25, -0.2) is 0 Å². The number of rotatable bonds is 4. The SMILES string of the molecule is CC1=C(C)N(C2(c3ccc(C4(c5ccn[nH]5)c5ccccc5-c5ccccc54)cc3)c3ccccc3-c3ccccc32)CN1C. The van der Waals surface area contributed by atoms with Crippen LogP contribution in [0.5, 0.6) is 0 Å². The summed E-state index contributed by atoms with van der Waals surface area (Å²) in [5.41, 5.74) is 15.6. The minimum absolute atomic E-state index is 0.464. The molecule has 0 fully saturated rings. The standard InChI is InChI=1S/C41H34N4/c1-27-28(2)45(26-44(27)3)41(37-18-10-6-14-33(37)34-15-7-11-19-38(34)41)30-22-20-29(21-23-30)40(39-24-25-42-43-39)35-16-8-4-12-31(35)32-13-5-9-17-36(32)40/h4-25H,26H2,1-3H3,(H,42,43). The molecule has 5 aromatic carbocycles. The highest BCUT2D eigenvalue weighted by Gasteiger charge is 2.52. The molecular formula is C41H34N4. The molecule has 6 aromatic rings. The van der Waals surface area contributed by atoms with E-state index in [4.69, 9.17) is 0 Å². The second-order valence-electron chi connectivity index (χ2n) is 12.6. The van der Waals surface area contributed by atoms with Crippen molar-refractivity contribution in [3.05, 3.63) is 184 Å². The number of aromatic amines is 1. The highest BCUT2D eigenvalue weighted by Crippen LogP contribution is 2.58. The maximum Gasteiger partial charge on any atom is 0.119 e. The van der Waals surface area contributed by atoms with Gasteiger partial charge in [0.1, 0.15) is 5.54 Å². The molecule has 0 atom stereocenters. The zero-order chi connectivity index (χ0) is 30.3. The van der Waals surface area contributed by atoms with Gasteiger partial charge >= 0.3 is 0 Å². The van der Waals surface area contributed by atoms with Gasteiger partial charge in [0.2, 0.25) is 0 Å². The third kappa shape index (κ3) is 3.19. The zero-order valence-corrected chi connectivity index (χ0v) is 25.8. The van der Waals surface area contributed by atoms with Crippen LogP contribution >= 0.6 is 0 Å². The molecule has 0 bridgehead atoms. The molecule has 218 valence electrons. The fourth-order valence-electron chi connectivity index (χ4n) is 8.64. The van der Waals surface area contributed by atoms with Gasteiger partial charge in [-0.05, 0) is 75.5 Å². The van der Waals surface area contributed by atoms with Crippen LogP contribution in [0, 0.1) is 0 Å². The van der Waals surface area contributed by atoms with Gasteiger partial charge in [-0.1, -0.05) is 121 Å². The molecule has 2 aliphatic carbocycles. The van der Waals surface area contributed by atoms with Crippen LogP contribution in [-0.2, 0) is 11.0 Å². The first-order chi connectivity index (χ1) is 22.1. The van der Waals surface area contributed by atoms with Crippen molar-refractivity contribution >= 4 is 0 Å². The fraction of sp³-hybridized carbons (Fsp3) is 0.146. The summed E-state index contributed by atoms with van der Waals surface area (Å²) < 4.78 is 0. The van der Waals surface area contributed by atoms with Gasteiger partial charge < -0.3 is 9.80 Å². The Bertz CT molecular complexity index is 2050. The molecule has 0 spiro atoms. The predicted molar refractivity (Wildman–Crippen MR) is 180 cm³/mol. The van der Waals surface area contributed by atoms with Gasteiger partial charge in [0.15, 0.2) is 0 Å². The van der Waals surface area contributed by atoms with Gasteiger partial charge in [0.05, 0.1) is 17.8 Å². The number of fused-ring (bicyclic) bond motifs is 6. The second kappa shape index (κ2) is 9.33. The van der Waals surface area contributed by atoms with E-state index in [1.807, 2.05) is 6.20 Å². The second-order valence-corrected chi connectivity index (χ2v) is 12.6. The third-order valence-corrected chi connectivity index (χ3v) is 10.8. The van der Waals surface area contributed by atoms with Crippen molar-refractivity contribution in [2.75, 3.05) is 13.7 Å². The molecule has 0 saturated heterocycles. The van der Waals surface area contributed by atoms with Gasteiger partial charge in [-0.3, -0.25) is 5.10 Å². The van der Waals surface area contributed by atoms with Crippen molar-refractivity contribution in [3.8, 4) is 22.3 Å². The summed E-state index contributed by atoms with van der Waals surface area (Å²) in [6.07, 6.45) is 1.87. The first-order valence-corrected chi connectivity index (χ1v) is 15.7. The first-order valence-electron chi connectivity index (χ1n) is 15.7. The van der Waals surface area contributed by atoms with Crippen molar-refractivity contribution in [1.29, 1.82) is 0 Å². The van der Waals surface area contributed by atoms with Gasteiger partial charge in [0.25, 0.3) is 0 Å². The number of H-pyrrole nitrogens is 1. The summed E-state index contributed by atoms with van der Waals surface area (Å²) in [5.74, 6) is 0. The highest BCUT2D eigenvalue weighted by atomic mass is 15.4. The predicted octanol–water partition coefficient (Wildman–Crippen LogP) is 8.50. The number of benzene rings is 5. The number of nitrogens with one attached hydrogen (secondary N) is 1. The Balaban J connectivity index is 1.32. The summed E-state index contributed by atoms with van der Waals surface area (Å²) in [6, 6.07) is 47.3. The van der Waals surface area contributed by atoms with E-state index in [9.17, 15) is 0 Å². The van der Waals surface area contributed by atoms with Crippen LogP contribution < -0.4 is 0 Å². The quantitative estimate of drug-likeness (QED) is 0.226. The minimum atomic E-state index is -0.499. The van der Waals surface area contributed by atoms with Gasteiger partial charge in [-0.15, -0.1) is 0 Å². The Morgan fingerprint density at radius 2 is 1.02 bits per heavy atom. The number of allylic oxidation sites excluding steroid dienone is 2. The topological polar surface area (TPSA) is 35.2 Å². The van der Waals surface area contributed by atoms with E-state index < -0.39 is 11.0 Å². The van der Waals surface area contributed by atoms with Crippen LogP contribution in [0.2, 0.25) is 0 Å². The number of hydrogen-bond acceptors (Lipinski definition) is 3. The molecule has 0 radical (unpaired) electrons. The van der Waals surface area contributed by atoms with E-state index in [2.05, 4.69) is 168 Å². The van der Waals surface area contributed by atoms with E-state index in [0.717, 1.165) is 12.4 Å². The largest absolute Gasteiger partial charge is 0.359 e. The van der Waals surface area contributed by atoms with Crippen LogP contribution in [0.3, 0.4) is 0 Å². The van der Waals surface area contributed by atoms with Gasteiger partial charge in [-0.2, -0.15) is 5.10 Å². The molecule has 0 unspecified atom stereocenters. The maximum absolute atomic E-state index is 4.46. The van der Waals surface area contributed by atoms with Crippen molar-refractivity contribution in [2.45, 2.75) is 24.8 Å². The number of hydrogen-bond donors (Lipinski definition) is 1. The Kier molecular flexibility index (Phi) is 5.41. The molecule has 1 aromatic heterocycles. The monoisotopic (exact) mass is 582 g/mol. The smallest absolute Gasteiger partial charge is 0.119 e. The van der Waals surface area contributed by atoms with Crippen molar-refractivity contribution in [2.24, 2.45) is 0 Å². The summed E-state index contributed by atoms with van der Waals surface area (Å²) in [7, 11) is 2.20. The molecule has 0 saturated carbocycles. The van der Waals surface area contributed by atoms with Gasteiger partial charge in [0, 0.05) is 24.6 Å². The molecule has 4 heteroatoms. The normalized spacial score (nSPS) is 16.9. The molecule has 3 aliphatic rings. The molecule has 1 aliphatic heterocycles. The number of aromatic nitrogens is 2. The lowest BCUT2D eigenvalue weighted by atomic mass is 9.69. The molecule has 45 heavy (non-hydrogen) atoms. The molecule has 0 amide bonds. The Labute approximate surface area is 264 Å². The Morgan fingerprint density at radius 3 is 1.49 bits per heavy atom. The number of nitrogens with zero attached hydrogens (tertiary/aromatic N) is 3. The molecule has 2 heterocycles. The molecular weight excluding hydrogens is 548 g/mol. The van der Waals surface area contributed by atoms with E-state index in [-0.39, 0.29) is 0 Å². The highest BCUT2D eigenvalue weighted by molar-refractivity contribution is 5.86. The first kappa shape index (κ1) is 26.1. The lowest BCUT2D eigenvalue weighted by Crippen LogP contribution is -2.46. The van der Waals surface area contributed by atoms with E-state index in [1.165, 1.54) is 67.0 Å². The van der Waals surface area contributed by atoms with Crippen LogP contribution in [0.25, 0.3) is 22.3 Å². The third-order valence-electron chi connectivity index (χ3n) is 10.8. The van der Waals surface area contributed by atoms with Crippen molar-refractivity contribution in [1.82, 2.24) is 20.0 Å². The fourth-order valence-corrected chi connectivity index (χ4v) is 8.64. The Hall–Kier alpha value is -5.35. The Morgan fingerprint density at radius 1 is 0.556 bits per heavy atom. The van der Waals surface area contributed by atoms with E-state index in [0.29, 0.717) is 0 Å². The lowest BCUT2D eigenvalue weighted by Gasteiger charge is -2.44. The minimum Gasteiger partial charge on any atom is -0.359 e. The summed E-state index contributed by atoms with van der Waals surface area (Å²) >= 11 is 0. The summed E-state index contributed by atoms with van der Waals surface area (Å²) in [6.45, 7) is 5.33. The summed E-state index contributed by atoms with van der Waals surface area (Å²) in [4.78, 5) is 4.99. The molecule has 4 nitrogen and oxygen atoms in total. The van der Waals surface area contributed by atoms with E-state index in [1.54, 1.807) is 0 Å². The van der Waals surface area contributed by atoms with Crippen LogP contribution in [0.4, 0.5) is 0 Å². The lowest BCUT2D eigenvalue weighted by molar-refractivity contribution is 0.181. The van der Waals surface area contributed by atoms with Crippen LogP contribution in [-0.4, -0.2) is 33.7 Å². The van der Waals surface area contributed by atoms with Crippen molar-refractivity contribution in [3.63, 3.8) is 0 Å². The van der Waals surface area contributed by atoms with E-state index >= 15 is 0 Å². The molecule has 9 rings (SSSR count). The molecule has 1 N–H and O–H groups in total. The maximum atomic E-state index is 4.46. The summed E-state index contributed by atoms with van der Waals surface area (Å²) in [5, 5.41) is 7.85. The average molecular weight is 583 g/mol. The average Bonchev–Trinajstić information content (AvgIpc) is 3.85. The van der Waals surface area contributed by atoms with Crippen LogP contribution in [0.1, 0.15) is 52.9 Å². The van der Waals surface area contributed by atoms with Crippen LogP contribution in [0.15, 0.2) is 145 Å².